The molecule has 2 aromatic rings. The summed E-state index contributed by atoms with van der Waals surface area (Å²) in [6.07, 6.45) is -11.1. The summed E-state index contributed by atoms with van der Waals surface area (Å²) < 4.78 is 75.8. The van der Waals surface area contributed by atoms with Crippen molar-refractivity contribution in [3.63, 3.8) is 0 Å². The van der Waals surface area contributed by atoms with Crippen LogP contribution in [0.15, 0.2) is 36.4 Å². The van der Waals surface area contributed by atoms with E-state index in [0.717, 1.165) is 12.1 Å². The Morgan fingerprint density at radius 3 is 1.37 bits per heavy atom. The number of nitrogens with zero attached hydrogens (tertiary/aromatic N) is 2. The van der Waals surface area contributed by atoms with Crippen molar-refractivity contribution in [2.75, 3.05) is 0 Å². The van der Waals surface area contributed by atoms with E-state index in [-0.39, 0.29) is 22.3 Å². The van der Waals surface area contributed by atoms with Gasteiger partial charge in [-0.2, -0.15) is 0 Å². The van der Waals surface area contributed by atoms with Gasteiger partial charge in [0.2, 0.25) is 0 Å². The van der Waals surface area contributed by atoms with E-state index < -0.39 is 40.2 Å². The fraction of sp³-hybridized carbons (Fsp3) is 0.222. The van der Waals surface area contributed by atoms with Gasteiger partial charge in [0.05, 0.1) is 0 Å². The molecule has 0 radical (unpaired) electrons. The molecule has 27 heavy (non-hydrogen) atoms. The van der Waals surface area contributed by atoms with Crippen LogP contribution in [-0.4, -0.2) is 27.3 Å². The molecule has 2 aromatic carbocycles. The fourth-order valence-electron chi connectivity index (χ4n) is 2.31. The molecule has 0 fully saturated rings. The average Bonchev–Trinajstić information content (AvgIpc) is 2.54. The fourth-order valence-corrected chi connectivity index (χ4v) is 4.28. The first-order valence-electron chi connectivity index (χ1n) is 7.38. The van der Waals surface area contributed by atoms with Gasteiger partial charge in [-0.3, -0.25) is 0 Å². The quantitative estimate of drug-likeness (QED) is 0.534. The number of hydrogen-bond donors (Lipinski definition) is 0. The van der Waals surface area contributed by atoms with Gasteiger partial charge in [-0.1, -0.05) is 0 Å². The molecular formula is C18H10F6N2Se. The van der Waals surface area contributed by atoms with Crippen molar-refractivity contribution in [1.82, 2.24) is 0 Å². The molecule has 0 amide bonds. The molecule has 0 aliphatic carbocycles. The summed E-state index contributed by atoms with van der Waals surface area (Å²) >= 11 is -0.621. The molecule has 0 aliphatic heterocycles. The maximum absolute atomic E-state index is 12.5. The third-order valence-electron chi connectivity index (χ3n) is 3.36. The predicted octanol–water partition coefficient (Wildman–Crippen LogP) is 3.29. The van der Waals surface area contributed by atoms with Crippen LogP contribution in [-0.2, 0) is 12.8 Å². The van der Waals surface area contributed by atoms with Gasteiger partial charge in [-0.15, -0.1) is 0 Å². The Morgan fingerprint density at radius 2 is 1.07 bits per heavy atom. The van der Waals surface area contributed by atoms with E-state index in [9.17, 15) is 36.9 Å². The van der Waals surface area contributed by atoms with Crippen LogP contribution in [0, 0.1) is 22.7 Å². The van der Waals surface area contributed by atoms with Gasteiger partial charge in [0, 0.05) is 0 Å². The minimum atomic E-state index is -4.40. The molecular weight excluding hydrogens is 437 g/mol. The predicted molar refractivity (Wildman–Crippen MR) is 86.9 cm³/mol. The van der Waals surface area contributed by atoms with E-state index in [2.05, 4.69) is 0 Å². The summed E-state index contributed by atoms with van der Waals surface area (Å²) in [6.45, 7) is 0. The molecule has 9 heteroatoms. The Bertz CT molecular complexity index is 844. The topological polar surface area (TPSA) is 47.6 Å². The van der Waals surface area contributed by atoms with Crippen molar-refractivity contribution in [1.29, 1.82) is 10.5 Å². The standard InChI is InChI=1S/C18H10F6N2Se/c19-17(20,21)7-11-1-3-15(13(5-11)9-25)27-16-4-2-12(6-14(16)10-26)8-18(22,23)24/h1-6H,7-8H2. The molecule has 0 spiro atoms. The molecule has 0 saturated carbocycles. The van der Waals surface area contributed by atoms with Crippen molar-refractivity contribution in [3.05, 3.63) is 58.7 Å². The average molecular weight is 447 g/mol. The van der Waals surface area contributed by atoms with E-state index in [4.69, 9.17) is 0 Å². The summed E-state index contributed by atoms with van der Waals surface area (Å²) in [6, 6.07) is 11.3. The van der Waals surface area contributed by atoms with E-state index in [1.165, 1.54) is 24.3 Å². The van der Waals surface area contributed by atoms with Crippen molar-refractivity contribution in [2.24, 2.45) is 0 Å². The van der Waals surface area contributed by atoms with Crippen molar-refractivity contribution in [2.45, 2.75) is 25.2 Å². The second kappa shape index (κ2) is 8.04. The summed E-state index contributed by atoms with van der Waals surface area (Å²) in [5.74, 6) is 0. The van der Waals surface area contributed by atoms with Crippen molar-refractivity contribution in [3.8, 4) is 12.1 Å². The zero-order chi connectivity index (χ0) is 20.2. The zero-order valence-electron chi connectivity index (χ0n) is 13.4. The Hall–Kier alpha value is -2.48. The van der Waals surface area contributed by atoms with Gasteiger partial charge in [-0.05, 0) is 0 Å². The first-order valence-corrected chi connectivity index (χ1v) is 9.09. The SMILES string of the molecule is N#Cc1cc(CC(F)(F)F)ccc1[Se]c1ccc(CC(F)(F)F)cc1C#N. The number of rotatable bonds is 4. The zero-order valence-corrected chi connectivity index (χ0v) is 15.2. The second-order valence-electron chi connectivity index (χ2n) is 5.57. The monoisotopic (exact) mass is 448 g/mol. The van der Waals surface area contributed by atoms with Gasteiger partial charge in [-0.25, -0.2) is 0 Å². The molecule has 0 N–H and O–H groups in total. The molecule has 0 bridgehead atoms. The molecule has 0 atom stereocenters. The first-order chi connectivity index (χ1) is 12.5. The van der Waals surface area contributed by atoms with Crippen LogP contribution in [0.4, 0.5) is 26.3 Å². The molecule has 0 aliphatic rings. The van der Waals surface area contributed by atoms with Crippen LogP contribution in [0.2, 0.25) is 0 Å². The molecule has 140 valence electrons. The maximum atomic E-state index is 12.5. The summed E-state index contributed by atoms with van der Waals surface area (Å²) in [7, 11) is 0. The van der Waals surface area contributed by atoms with Crippen LogP contribution in [0.25, 0.3) is 0 Å². The number of benzene rings is 2. The molecule has 2 rings (SSSR count). The Labute approximate surface area is 157 Å². The van der Waals surface area contributed by atoms with Gasteiger partial charge in [0.25, 0.3) is 0 Å². The van der Waals surface area contributed by atoms with Crippen LogP contribution < -0.4 is 8.92 Å². The number of nitriles is 2. The van der Waals surface area contributed by atoms with Crippen LogP contribution in [0.3, 0.4) is 0 Å². The summed E-state index contributed by atoms with van der Waals surface area (Å²) in [5.41, 5.74) is -0.000667. The van der Waals surface area contributed by atoms with Crippen LogP contribution >= 0.6 is 0 Å². The molecule has 0 saturated heterocycles. The van der Waals surface area contributed by atoms with Crippen molar-refractivity contribution < 1.29 is 26.3 Å². The Balaban J connectivity index is 2.31. The van der Waals surface area contributed by atoms with Gasteiger partial charge in [0.15, 0.2) is 0 Å². The Kier molecular flexibility index (Phi) is 6.20. The Morgan fingerprint density at radius 1 is 0.704 bits per heavy atom. The second-order valence-corrected chi connectivity index (χ2v) is 7.84. The summed E-state index contributed by atoms with van der Waals surface area (Å²) in [5, 5.41) is 18.4. The van der Waals surface area contributed by atoms with Gasteiger partial charge >= 0.3 is 157 Å². The molecule has 0 heterocycles. The van der Waals surface area contributed by atoms with Crippen LogP contribution in [0.1, 0.15) is 22.3 Å². The van der Waals surface area contributed by atoms with Crippen LogP contribution in [0.5, 0.6) is 0 Å². The summed E-state index contributed by atoms with van der Waals surface area (Å²) in [4.78, 5) is 0. The third-order valence-corrected chi connectivity index (χ3v) is 5.77. The number of hydrogen-bond acceptors (Lipinski definition) is 2. The number of halogens is 6. The number of alkyl halides is 6. The normalized spacial score (nSPS) is 11.7. The third kappa shape index (κ3) is 6.32. The first kappa shape index (κ1) is 20.8. The van der Waals surface area contributed by atoms with Gasteiger partial charge in [0.1, 0.15) is 0 Å². The molecule has 0 unspecified atom stereocenters. The van der Waals surface area contributed by atoms with E-state index in [1.54, 1.807) is 0 Å². The molecule has 0 aromatic heterocycles. The van der Waals surface area contributed by atoms with Gasteiger partial charge < -0.3 is 0 Å². The van der Waals surface area contributed by atoms with E-state index in [1.807, 2.05) is 12.1 Å². The van der Waals surface area contributed by atoms with E-state index in [0.29, 0.717) is 8.92 Å². The molecule has 2 nitrogen and oxygen atoms in total. The van der Waals surface area contributed by atoms with E-state index >= 15 is 0 Å². The minimum absolute atomic E-state index is 0.0556. The van der Waals surface area contributed by atoms with Crippen molar-refractivity contribution >= 4 is 23.9 Å².